The minimum atomic E-state index is 0.832. The predicted octanol–water partition coefficient (Wildman–Crippen LogP) is 3.60. The topological polar surface area (TPSA) is 12.0 Å². The van der Waals surface area contributed by atoms with Crippen molar-refractivity contribution in [2.24, 2.45) is 0 Å². The summed E-state index contributed by atoms with van der Waals surface area (Å²) in [6, 6.07) is 8.14. The first-order valence-electron chi connectivity index (χ1n) is 3.67. The fourth-order valence-electron chi connectivity index (χ4n) is 1.17. The molecule has 0 spiro atoms. The first-order chi connectivity index (χ1) is 5.83. The van der Waals surface area contributed by atoms with Gasteiger partial charge in [-0.2, -0.15) is 0 Å². The smallest absolute Gasteiger partial charge is 0.108 e. The Balaban J connectivity index is 2.78. The summed E-state index contributed by atoms with van der Waals surface area (Å²) in [6.45, 7) is 0. The molecule has 1 heterocycles. The molecule has 2 aromatic rings. The molecule has 0 saturated carbocycles. The van der Waals surface area contributed by atoms with Crippen LogP contribution in [0.2, 0.25) is 5.02 Å². The summed E-state index contributed by atoms with van der Waals surface area (Å²) in [5.74, 6) is 0. The Labute approximate surface area is 80.0 Å². The lowest BCUT2D eigenvalue weighted by molar-refractivity contribution is 1.60. The van der Waals surface area contributed by atoms with Crippen LogP contribution in [0.5, 0.6) is 0 Å². The standard InChI is InChI=1S/C9H8ClNS/c1-11-9-8(10)6-4-2-3-5-7(6)12-9/h2-5,11H,1H3. The molecule has 3 heteroatoms. The molecule has 0 aliphatic carbocycles. The molecular weight excluding hydrogens is 190 g/mol. The third-order valence-corrected chi connectivity index (χ3v) is 3.45. The first kappa shape index (κ1) is 7.90. The van der Waals surface area contributed by atoms with Crippen molar-refractivity contribution in [2.45, 2.75) is 0 Å². The molecule has 1 nitrogen and oxygen atoms in total. The van der Waals surface area contributed by atoms with E-state index in [9.17, 15) is 0 Å². The van der Waals surface area contributed by atoms with Gasteiger partial charge in [0, 0.05) is 17.1 Å². The lowest BCUT2D eigenvalue weighted by Crippen LogP contribution is -1.82. The SMILES string of the molecule is CNc1sc2ccccc2c1Cl. The Morgan fingerprint density at radius 3 is 2.75 bits per heavy atom. The summed E-state index contributed by atoms with van der Waals surface area (Å²) in [5.41, 5.74) is 0. The normalized spacial score (nSPS) is 10.5. The second kappa shape index (κ2) is 2.96. The monoisotopic (exact) mass is 197 g/mol. The Hall–Kier alpha value is -0.730. The highest BCUT2D eigenvalue weighted by molar-refractivity contribution is 7.23. The Bertz CT molecular complexity index is 408. The number of halogens is 1. The summed E-state index contributed by atoms with van der Waals surface area (Å²) in [7, 11) is 1.89. The fraction of sp³-hybridized carbons (Fsp3) is 0.111. The van der Waals surface area contributed by atoms with Gasteiger partial charge in [-0.05, 0) is 6.07 Å². The van der Waals surface area contributed by atoms with Gasteiger partial charge < -0.3 is 5.32 Å². The summed E-state index contributed by atoms with van der Waals surface area (Å²) in [6.07, 6.45) is 0. The lowest BCUT2D eigenvalue weighted by atomic mass is 10.3. The summed E-state index contributed by atoms with van der Waals surface area (Å²) in [5, 5.41) is 6.08. The lowest BCUT2D eigenvalue weighted by Gasteiger charge is -1.92. The number of fused-ring (bicyclic) bond motifs is 1. The van der Waals surface area contributed by atoms with Crippen LogP contribution < -0.4 is 5.32 Å². The Morgan fingerprint density at radius 1 is 1.33 bits per heavy atom. The molecule has 0 fully saturated rings. The molecule has 0 aliphatic rings. The van der Waals surface area contributed by atoms with Crippen LogP contribution in [0.1, 0.15) is 0 Å². The molecule has 2 rings (SSSR count). The summed E-state index contributed by atoms with van der Waals surface area (Å²) >= 11 is 7.79. The molecule has 0 atom stereocenters. The van der Waals surface area contributed by atoms with Crippen LogP contribution in [0.25, 0.3) is 10.1 Å². The molecule has 1 aromatic heterocycles. The first-order valence-corrected chi connectivity index (χ1v) is 4.87. The second-order valence-corrected chi connectivity index (χ2v) is 3.92. The van der Waals surface area contributed by atoms with E-state index in [2.05, 4.69) is 11.4 Å². The number of anilines is 1. The number of hydrogen-bond acceptors (Lipinski definition) is 2. The maximum Gasteiger partial charge on any atom is 0.108 e. The van der Waals surface area contributed by atoms with Gasteiger partial charge in [-0.15, -0.1) is 11.3 Å². The van der Waals surface area contributed by atoms with Crippen molar-refractivity contribution >= 4 is 38.0 Å². The molecule has 0 radical (unpaired) electrons. The molecule has 0 aliphatic heterocycles. The van der Waals surface area contributed by atoms with Crippen molar-refractivity contribution in [2.75, 3.05) is 12.4 Å². The molecule has 0 amide bonds. The highest BCUT2D eigenvalue weighted by Gasteiger charge is 2.06. The quantitative estimate of drug-likeness (QED) is 0.737. The number of nitrogens with one attached hydrogen (secondary N) is 1. The van der Waals surface area contributed by atoms with Crippen molar-refractivity contribution in [1.29, 1.82) is 0 Å². The predicted molar refractivity (Wildman–Crippen MR) is 56.4 cm³/mol. The van der Waals surface area contributed by atoms with E-state index in [1.54, 1.807) is 11.3 Å². The van der Waals surface area contributed by atoms with E-state index in [0.717, 1.165) is 15.4 Å². The fourth-order valence-corrected chi connectivity index (χ4v) is 2.55. The van der Waals surface area contributed by atoms with Crippen LogP contribution in [-0.2, 0) is 0 Å². The molecule has 1 aromatic carbocycles. The maximum absolute atomic E-state index is 6.11. The third kappa shape index (κ3) is 1.08. The molecular formula is C9H8ClNS. The number of benzene rings is 1. The zero-order valence-corrected chi connectivity index (χ0v) is 8.17. The Morgan fingerprint density at radius 2 is 2.08 bits per heavy atom. The minimum Gasteiger partial charge on any atom is -0.379 e. The van der Waals surface area contributed by atoms with Crippen molar-refractivity contribution in [3.8, 4) is 0 Å². The molecule has 1 N–H and O–H groups in total. The van der Waals surface area contributed by atoms with Gasteiger partial charge in [0.2, 0.25) is 0 Å². The van der Waals surface area contributed by atoms with Crippen LogP contribution >= 0.6 is 22.9 Å². The molecule has 12 heavy (non-hydrogen) atoms. The van der Waals surface area contributed by atoms with Gasteiger partial charge in [-0.1, -0.05) is 29.8 Å². The van der Waals surface area contributed by atoms with Crippen LogP contribution in [0, 0.1) is 0 Å². The van der Waals surface area contributed by atoms with Gasteiger partial charge in [-0.25, -0.2) is 0 Å². The number of rotatable bonds is 1. The molecule has 0 bridgehead atoms. The average Bonchev–Trinajstić information content (AvgIpc) is 2.44. The highest BCUT2D eigenvalue weighted by Crippen LogP contribution is 2.38. The minimum absolute atomic E-state index is 0.832. The molecule has 0 unspecified atom stereocenters. The van der Waals surface area contributed by atoms with E-state index in [0.29, 0.717) is 0 Å². The van der Waals surface area contributed by atoms with Crippen molar-refractivity contribution in [3.05, 3.63) is 29.3 Å². The van der Waals surface area contributed by atoms with Crippen LogP contribution in [0.3, 0.4) is 0 Å². The Kier molecular flexibility index (Phi) is 1.95. The van der Waals surface area contributed by atoms with Gasteiger partial charge in [0.05, 0.1) is 5.02 Å². The summed E-state index contributed by atoms with van der Waals surface area (Å²) < 4.78 is 1.23. The van der Waals surface area contributed by atoms with Crippen molar-refractivity contribution < 1.29 is 0 Å². The van der Waals surface area contributed by atoms with Gasteiger partial charge in [0.15, 0.2) is 0 Å². The van der Waals surface area contributed by atoms with Crippen LogP contribution in [0.4, 0.5) is 5.00 Å². The number of thiophene rings is 1. The zero-order chi connectivity index (χ0) is 8.55. The van der Waals surface area contributed by atoms with E-state index in [1.807, 2.05) is 25.2 Å². The van der Waals surface area contributed by atoms with Crippen LogP contribution in [0.15, 0.2) is 24.3 Å². The van der Waals surface area contributed by atoms with E-state index >= 15 is 0 Å². The molecule has 62 valence electrons. The zero-order valence-electron chi connectivity index (χ0n) is 6.60. The number of hydrogen-bond donors (Lipinski definition) is 1. The van der Waals surface area contributed by atoms with E-state index < -0.39 is 0 Å². The van der Waals surface area contributed by atoms with E-state index in [-0.39, 0.29) is 0 Å². The average molecular weight is 198 g/mol. The van der Waals surface area contributed by atoms with E-state index in [1.165, 1.54) is 4.70 Å². The van der Waals surface area contributed by atoms with E-state index in [4.69, 9.17) is 11.6 Å². The summed E-state index contributed by atoms with van der Waals surface area (Å²) in [4.78, 5) is 0. The third-order valence-electron chi connectivity index (χ3n) is 1.76. The van der Waals surface area contributed by atoms with Crippen LogP contribution in [-0.4, -0.2) is 7.05 Å². The van der Waals surface area contributed by atoms with Gasteiger partial charge in [0.1, 0.15) is 5.00 Å². The maximum atomic E-state index is 6.11. The van der Waals surface area contributed by atoms with Crippen molar-refractivity contribution in [1.82, 2.24) is 0 Å². The van der Waals surface area contributed by atoms with Crippen molar-refractivity contribution in [3.63, 3.8) is 0 Å². The van der Waals surface area contributed by atoms with Gasteiger partial charge >= 0.3 is 0 Å². The second-order valence-electron chi connectivity index (χ2n) is 2.49. The van der Waals surface area contributed by atoms with Gasteiger partial charge in [0.25, 0.3) is 0 Å². The largest absolute Gasteiger partial charge is 0.379 e. The van der Waals surface area contributed by atoms with Gasteiger partial charge in [-0.3, -0.25) is 0 Å². The molecule has 0 saturated heterocycles. The highest BCUT2D eigenvalue weighted by atomic mass is 35.5.